The average Bonchev–Trinajstić information content (AvgIpc) is 3.82. The van der Waals surface area contributed by atoms with Gasteiger partial charge in [0.15, 0.2) is 18.6 Å². The van der Waals surface area contributed by atoms with Crippen molar-refractivity contribution in [1.29, 1.82) is 0 Å². The molecular formula is C53H87N5O22. The Balaban J connectivity index is 1.34. The van der Waals surface area contributed by atoms with Crippen molar-refractivity contribution in [3.05, 3.63) is 33.1 Å². The SMILES string of the molecule is CCCCCCCCCCCCC(CC(=O)O[C@H]1CN(C)C([C@@H](OC2O[C@H](CN)[C@@H](O)[C@H]2O)C2OC(n3ccc(=O)[nH]c3=O)[C@H](O)[C@@H]2O)C(=O)N(C)C1C(=O)OC)OC(=O)CC(C)CC(=O)OC1OC(C)C(OC)C(OC)C1OC. The van der Waals surface area contributed by atoms with Crippen molar-refractivity contribution in [2.75, 3.05) is 55.6 Å². The Hall–Kier alpha value is -4.49. The van der Waals surface area contributed by atoms with Crippen molar-refractivity contribution in [3.63, 3.8) is 0 Å². The average molecular weight is 1150 g/mol. The molecule has 456 valence electrons. The van der Waals surface area contributed by atoms with Crippen LogP contribution in [0.3, 0.4) is 0 Å². The third kappa shape index (κ3) is 17.1. The maximum Gasteiger partial charge on any atom is 0.332 e. The van der Waals surface area contributed by atoms with Crippen LogP contribution >= 0.6 is 0 Å². The van der Waals surface area contributed by atoms with Crippen molar-refractivity contribution >= 4 is 29.8 Å². The number of esters is 4. The Kier molecular flexibility index (Phi) is 26.4. The number of H-pyrrole nitrogens is 1. The highest BCUT2D eigenvalue weighted by Crippen LogP contribution is 2.37. The van der Waals surface area contributed by atoms with E-state index in [9.17, 15) is 54.0 Å². The zero-order valence-electron chi connectivity index (χ0n) is 47.5. The molecule has 4 saturated heterocycles. The van der Waals surface area contributed by atoms with Crippen LogP contribution in [0.4, 0.5) is 0 Å². The standard InChI is InChI=1S/C53H87N5O22/c1-10-11-12-13-14-15-16-17-18-19-20-30(75-34(60)23-28(2)24-35(61)78-52-47(72-8)46(71-7)43(70-6)29(3)74-52)25-36(62)76-32-27-56(4)38(48(67)57(5)37(32)50(68)73-9)44(80-51-42(66)39(63)31(26-54)77-51)45-40(64)41(65)49(79-45)58-22-21-33(59)55-53(58)69/h21-22,28-32,37-47,49,51-52,63-66H,10-20,23-27,54H2,1-9H3,(H,55,59,69)/t28?,29?,30?,31-,32+,37?,38?,39-,40+,41-,42-,43?,44-,45?,46?,47?,49?,51?,52?/m1/s1. The molecule has 19 atom stereocenters. The molecule has 80 heavy (non-hydrogen) atoms. The van der Waals surface area contributed by atoms with Gasteiger partial charge < -0.3 is 83.2 Å². The van der Waals surface area contributed by atoms with E-state index in [1.807, 2.05) is 4.98 Å². The van der Waals surface area contributed by atoms with E-state index in [0.29, 0.717) is 6.42 Å². The van der Waals surface area contributed by atoms with Crippen molar-refractivity contribution < 1.29 is 96.5 Å². The molecule has 7 N–H and O–H groups in total. The van der Waals surface area contributed by atoms with Gasteiger partial charge in [-0.2, -0.15) is 0 Å². The van der Waals surface area contributed by atoms with Gasteiger partial charge in [0.2, 0.25) is 12.2 Å². The second-order valence-electron chi connectivity index (χ2n) is 21.3. The molecule has 0 spiro atoms. The monoisotopic (exact) mass is 1150 g/mol. The van der Waals surface area contributed by atoms with Gasteiger partial charge in [0.05, 0.1) is 19.6 Å². The molecule has 1 amide bonds. The number of aliphatic hydroxyl groups excluding tert-OH is 4. The molecule has 4 aliphatic heterocycles. The van der Waals surface area contributed by atoms with Crippen LogP contribution in [0.25, 0.3) is 0 Å². The first-order valence-electron chi connectivity index (χ1n) is 27.7. The number of likely N-dealkylation sites (N-methyl/N-ethyl adjacent to an activating group) is 2. The van der Waals surface area contributed by atoms with Crippen LogP contribution in [0, 0.1) is 5.92 Å². The number of aromatic nitrogens is 2. The number of ether oxygens (including phenoxy) is 11. The van der Waals surface area contributed by atoms with Crippen molar-refractivity contribution in [1.82, 2.24) is 19.4 Å². The fourth-order valence-corrected chi connectivity index (χ4v) is 11.0. The van der Waals surface area contributed by atoms with Crippen molar-refractivity contribution in [2.24, 2.45) is 11.7 Å². The molecule has 0 saturated carbocycles. The number of hydrogen-bond acceptors (Lipinski definition) is 24. The number of nitrogens with zero attached hydrogens (tertiary/aromatic N) is 3. The molecule has 27 nitrogen and oxygen atoms in total. The number of hydrogen-bond donors (Lipinski definition) is 6. The van der Waals surface area contributed by atoms with Crippen molar-refractivity contribution in [3.8, 4) is 0 Å². The van der Waals surface area contributed by atoms with Crippen LogP contribution < -0.4 is 17.0 Å². The molecule has 0 aromatic carbocycles. The highest BCUT2D eigenvalue weighted by molar-refractivity contribution is 5.89. The Bertz CT molecular complexity index is 2260. The minimum absolute atomic E-state index is 0.202. The van der Waals surface area contributed by atoms with Crippen LogP contribution in [-0.2, 0) is 76.1 Å². The van der Waals surface area contributed by atoms with E-state index < -0.39 is 170 Å². The second-order valence-corrected chi connectivity index (χ2v) is 21.3. The van der Waals surface area contributed by atoms with E-state index in [1.165, 1.54) is 59.6 Å². The van der Waals surface area contributed by atoms with E-state index in [2.05, 4.69) is 6.92 Å². The lowest BCUT2D eigenvalue weighted by Gasteiger charge is -2.43. The summed E-state index contributed by atoms with van der Waals surface area (Å²) in [6.45, 7) is 4.89. The zero-order valence-corrected chi connectivity index (χ0v) is 47.5. The van der Waals surface area contributed by atoms with Crippen LogP contribution in [0.2, 0.25) is 0 Å². The number of unbranched alkanes of at least 4 members (excludes halogenated alkanes) is 9. The molecule has 1 aromatic heterocycles. The Labute approximate surface area is 465 Å². The highest BCUT2D eigenvalue weighted by Gasteiger charge is 2.57. The van der Waals surface area contributed by atoms with E-state index >= 15 is 0 Å². The largest absolute Gasteiger partial charge is 0.467 e. The number of aliphatic hydroxyl groups is 4. The zero-order chi connectivity index (χ0) is 59.0. The van der Waals surface area contributed by atoms with Crippen LogP contribution in [0.5, 0.6) is 0 Å². The predicted octanol–water partition coefficient (Wildman–Crippen LogP) is -0.466. The lowest BCUT2D eigenvalue weighted by atomic mass is 9.97. The summed E-state index contributed by atoms with van der Waals surface area (Å²) in [4.78, 5) is 98.8. The number of methoxy groups -OCH3 is 4. The third-order valence-electron chi connectivity index (χ3n) is 15.3. The first-order chi connectivity index (χ1) is 38.1. The number of amides is 1. The predicted molar refractivity (Wildman–Crippen MR) is 279 cm³/mol. The topological polar surface area (TPSA) is 355 Å². The molecule has 4 aliphatic rings. The Morgan fingerprint density at radius 1 is 0.750 bits per heavy atom. The maximum atomic E-state index is 14.9. The minimum atomic E-state index is -1.94. The third-order valence-corrected chi connectivity index (χ3v) is 15.3. The Morgan fingerprint density at radius 3 is 1.95 bits per heavy atom. The fraction of sp³-hybridized carbons (Fsp3) is 0.830. The summed E-state index contributed by atoms with van der Waals surface area (Å²) in [6, 6.07) is -2.29. The summed E-state index contributed by atoms with van der Waals surface area (Å²) >= 11 is 0. The minimum Gasteiger partial charge on any atom is -0.467 e. The van der Waals surface area contributed by atoms with E-state index in [4.69, 9.17) is 57.8 Å². The van der Waals surface area contributed by atoms with E-state index in [0.717, 1.165) is 67.4 Å². The molecule has 5 heterocycles. The first-order valence-corrected chi connectivity index (χ1v) is 27.7. The quantitative estimate of drug-likeness (QED) is 0.0322. The van der Waals surface area contributed by atoms with E-state index in [-0.39, 0.29) is 25.8 Å². The fourth-order valence-electron chi connectivity index (χ4n) is 11.0. The summed E-state index contributed by atoms with van der Waals surface area (Å²) in [5.74, 6) is -4.78. The maximum absolute atomic E-state index is 14.9. The highest BCUT2D eigenvalue weighted by atomic mass is 16.7. The molecule has 4 fully saturated rings. The normalized spacial score (nSPS) is 32.2. The summed E-state index contributed by atoms with van der Waals surface area (Å²) in [6.07, 6.45) is -10.7. The molecule has 1 aromatic rings. The van der Waals surface area contributed by atoms with Crippen LogP contribution in [-0.4, -0.2) is 229 Å². The molecule has 12 unspecified atom stereocenters. The van der Waals surface area contributed by atoms with Crippen LogP contribution in [0.1, 0.15) is 117 Å². The van der Waals surface area contributed by atoms with Gasteiger partial charge in [0, 0.05) is 66.6 Å². The Morgan fingerprint density at radius 2 is 1.36 bits per heavy atom. The second kappa shape index (κ2) is 31.8. The number of nitrogens with one attached hydrogen (secondary N) is 1. The number of carbonyl (C=O) groups excluding carboxylic acids is 5. The molecular weight excluding hydrogens is 1060 g/mol. The molecule has 0 aliphatic carbocycles. The molecule has 5 rings (SSSR count). The van der Waals surface area contributed by atoms with Gasteiger partial charge in [0.25, 0.3) is 5.56 Å². The van der Waals surface area contributed by atoms with Gasteiger partial charge in [-0.1, -0.05) is 71.6 Å². The van der Waals surface area contributed by atoms with E-state index in [1.54, 1.807) is 13.8 Å². The summed E-state index contributed by atoms with van der Waals surface area (Å²) < 4.78 is 64.3. The molecule has 27 heteroatoms. The smallest absolute Gasteiger partial charge is 0.332 e. The van der Waals surface area contributed by atoms with Gasteiger partial charge in [-0.25, -0.2) is 9.59 Å². The number of rotatable bonds is 30. The van der Waals surface area contributed by atoms with Gasteiger partial charge in [-0.05, 0) is 32.7 Å². The lowest BCUT2D eigenvalue weighted by Crippen LogP contribution is -2.59. The van der Waals surface area contributed by atoms with Gasteiger partial charge >= 0.3 is 29.6 Å². The van der Waals surface area contributed by atoms with Gasteiger partial charge in [-0.15, -0.1) is 0 Å². The summed E-state index contributed by atoms with van der Waals surface area (Å²) in [5.41, 5.74) is 4.00. The summed E-state index contributed by atoms with van der Waals surface area (Å²) in [5, 5.41) is 44.7. The number of nitrogens with two attached hydrogens (primary N) is 1. The summed E-state index contributed by atoms with van der Waals surface area (Å²) in [7, 11) is 8.11. The molecule has 0 bridgehead atoms. The van der Waals surface area contributed by atoms with Gasteiger partial charge in [0.1, 0.15) is 79.3 Å². The lowest BCUT2D eigenvalue weighted by molar-refractivity contribution is -0.297. The van der Waals surface area contributed by atoms with Crippen LogP contribution in [0.15, 0.2) is 21.9 Å². The number of carbonyl (C=O) groups is 5. The van der Waals surface area contributed by atoms with Crippen molar-refractivity contribution in [2.45, 2.75) is 221 Å². The molecule has 0 radical (unpaired) electrons. The number of aromatic amines is 1. The van der Waals surface area contributed by atoms with Gasteiger partial charge in [-0.3, -0.25) is 38.4 Å². The first kappa shape index (κ1) is 66.3.